The third kappa shape index (κ3) is 3.00. The molecule has 1 aliphatic heterocycles. The lowest BCUT2D eigenvalue weighted by Crippen LogP contribution is -2.37. The Labute approximate surface area is 84.9 Å². The van der Waals surface area contributed by atoms with Crippen LogP contribution in [-0.4, -0.2) is 36.5 Å². The van der Waals surface area contributed by atoms with Crippen molar-refractivity contribution in [3.8, 4) is 6.07 Å². The van der Waals surface area contributed by atoms with E-state index in [9.17, 15) is 4.79 Å². The van der Waals surface area contributed by atoms with Gasteiger partial charge in [0.15, 0.2) is 0 Å². The summed E-state index contributed by atoms with van der Waals surface area (Å²) in [5.41, 5.74) is 0. The molecule has 1 rings (SSSR count). The number of nitrogens with zero attached hydrogens (tertiary/aromatic N) is 2. The van der Waals surface area contributed by atoms with Gasteiger partial charge in [-0.05, 0) is 6.42 Å². The van der Waals surface area contributed by atoms with Crippen LogP contribution in [0.5, 0.6) is 0 Å². The summed E-state index contributed by atoms with van der Waals surface area (Å²) in [5, 5.41) is 11.5. The van der Waals surface area contributed by atoms with Crippen molar-refractivity contribution in [2.45, 2.75) is 32.2 Å². The largest absolute Gasteiger partial charge is 0.355 e. The molecule has 1 unspecified atom stereocenters. The van der Waals surface area contributed by atoms with Crippen molar-refractivity contribution in [1.82, 2.24) is 10.2 Å². The molecule has 1 fully saturated rings. The van der Waals surface area contributed by atoms with Crippen LogP contribution in [0.4, 0.5) is 0 Å². The van der Waals surface area contributed by atoms with E-state index in [-0.39, 0.29) is 5.91 Å². The summed E-state index contributed by atoms with van der Waals surface area (Å²) < 4.78 is 0. The van der Waals surface area contributed by atoms with Gasteiger partial charge in [-0.25, -0.2) is 0 Å². The monoisotopic (exact) mass is 195 g/mol. The van der Waals surface area contributed by atoms with Crippen molar-refractivity contribution in [1.29, 1.82) is 5.26 Å². The standard InChI is InChI=1S/C10H17N3O/c1-2-9(3-5-11)13-7-4-10(14)12-6-8-13/h9H,2-4,6-8H2,1H3,(H,12,14). The van der Waals surface area contributed by atoms with E-state index in [4.69, 9.17) is 5.26 Å². The summed E-state index contributed by atoms with van der Waals surface area (Å²) in [6, 6.07) is 2.51. The van der Waals surface area contributed by atoms with Crippen molar-refractivity contribution in [2.75, 3.05) is 19.6 Å². The van der Waals surface area contributed by atoms with E-state index >= 15 is 0 Å². The quantitative estimate of drug-likeness (QED) is 0.713. The number of carbonyl (C=O) groups excluding carboxylic acids is 1. The van der Waals surface area contributed by atoms with Gasteiger partial charge in [-0.15, -0.1) is 0 Å². The first kappa shape index (κ1) is 11.0. The number of nitriles is 1. The van der Waals surface area contributed by atoms with E-state index in [1.807, 2.05) is 0 Å². The van der Waals surface area contributed by atoms with E-state index in [2.05, 4.69) is 23.2 Å². The number of amides is 1. The predicted octanol–water partition coefficient (Wildman–Crippen LogP) is 0.501. The Bertz CT molecular complexity index is 234. The highest BCUT2D eigenvalue weighted by Gasteiger charge is 2.19. The van der Waals surface area contributed by atoms with Gasteiger partial charge in [0.2, 0.25) is 5.91 Å². The molecular weight excluding hydrogens is 178 g/mol. The Balaban J connectivity index is 2.49. The van der Waals surface area contributed by atoms with Crippen molar-refractivity contribution in [3.63, 3.8) is 0 Å². The van der Waals surface area contributed by atoms with Gasteiger partial charge in [0.25, 0.3) is 0 Å². The highest BCUT2D eigenvalue weighted by molar-refractivity contribution is 5.76. The summed E-state index contributed by atoms with van der Waals surface area (Å²) in [5.74, 6) is 0.124. The van der Waals surface area contributed by atoms with Gasteiger partial charge in [0.05, 0.1) is 12.5 Å². The fourth-order valence-electron chi connectivity index (χ4n) is 1.79. The van der Waals surface area contributed by atoms with Gasteiger partial charge < -0.3 is 5.32 Å². The van der Waals surface area contributed by atoms with Crippen LogP contribution in [-0.2, 0) is 4.79 Å². The third-order valence-electron chi connectivity index (χ3n) is 2.66. The zero-order chi connectivity index (χ0) is 10.4. The lowest BCUT2D eigenvalue weighted by atomic mass is 10.1. The summed E-state index contributed by atoms with van der Waals surface area (Å²) in [6.45, 7) is 4.45. The zero-order valence-corrected chi connectivity index (χ0v) is 8.62. The topological polar surface area (TPSA) is 56.1 Å². The summed E-state index contributed by atoms with van der Waals surface area (Å²) in [6.07, 6.45) is 2.09. The second-order valence-electron chi connectivity index (χ2n) is 3.56. The Kier molecular flexibility index (Phi) is 4.41. The SMILES string of the molecule is CCC(CC#N)N1CCNC(=O)CC1. The summed E-state index contributed by atoms with van der Waals surface area (Å²) in [4.78, 5) is 13.3. The molecule has 78 valence electrons. The molecule has 0 bridgehead atoms. The highest BCUT2D eigenvalue weighted by atomic mass is 16.1. The smallest absolute Gasteiger partial charge is 0.221 e. The molecule has 0 spiro atoms. The molecule has 1 amide bonds. The first-order valence-electron chi connectivity index (χ1n) is 5.15. The summed E-state index contributed by atoms with van der Waals surface area (Å²) in [7, 11) is 0. The van der Waals surface area contributed by atoms with E-state index < -0.39 is 0 Å². The normalized spacial score (nSPS) is 20.7. The van der Waals surface area contributed by atoms with Crippen LogP contribution in [0.1, 0.15) is 26.2 Å². The minimum atomic E-state index is 0.124. The summed E-state index contributed by atoms with van der Waals surface area (Å²) >= 11 is 0. The van der Waals surface area contributed by atoms with Crippen LogP contribution in [0.3, 0.4) is 0 Å². The fourth-order valence-corrected chi connectivity index (χ4v) is 1.79. The number of rotatable bonds is 3. The maximum atomic E-state index is 11.1. The van der Waals surface area contributed by atoms with Crippen LogP contribution in [0, 0.1) is 11.3 Å². The fraction of sp³-hybridized carbons (Fsp3) is 0.800. The molecule has 14 heavy (non-hydrogen) atoms. The molecule has 1 aliphatic rings. The van der Waals surface area contributed by atoms with Crippen LogP contribution in [0.25, 0.3) is 0 Å². The minimum Gasteiger partial charge on any atom is -0.355 e. The van der Waals surface area contributed by atoms with Crippen LogP contribution in [0.2, 0.25) is 0 Å². The molecule has 0 saturated carbocycles. The Morgan fingerprint density at radius 3 is 3.07 bits per heavy atom. The number of hydrogen-bond donors (Lipinski definition) is 1. The Hall–Kier alpha value is -1.08. The lowest BCUT2D eigenvalue weighted by molar-refractivity contribution is -0.120. The van der Waals surface area contributed by atoms with Crippen molar-refractivity contribution in [2.24, 2.45) is 0 Å². The highest BCUT2D eigenvalue weighted by Crippen LogP contribution is 2.09. The first-order valence-corrected chi connectivity index (χ1v) is 5.15. The second kappa shape index (κ2) is 5.61. The molecule has 1 N–H and O–H groups in total. The van der Waals surface area contributed by atoms with Gasteiger partial charge in [-0.1, -0.05) is 6.92 Å². The molecule has 0 radical (unpaired) electrons. The van der Waals surface area contributed by atoms with Crippen molar-refractivity contribution >= 4 is 5.91 Å². The first-order chi connectivity index (χ1) is 6.77. The Morgan fingerprint density at radius 1 is 1.64 bits per heavy atom. The van der Waals surface area contributed by atoms with Crippen LogP contribution < -0.4 is 5.32 Å². The van der Waals surface area contributed by atoms with Gasteiger partial charge in [0.1, 0.15) is 0 Å². The molecule has 4 nitrogen and oxygen atoms in total. The van der Waals surface area contributed by atoms with Crippen LogP contribution in [0.15, 0.2) is 0 Å². The molecule has 4 heteroatoms. The molecule has 0 aromatic heterocycles. The van der Waals surface area contributed by atoms with Gasteiger partial charge >= 0.3 is 0 Å². The Morgan fingerprint density at radius 2 is 2.43 bits per heavy atom. The van der Waals surface area contributed by atoms with Crippen molar-refractivity contribution in [3.05, 3.63) is 0 Å². The average Bonchev–Trinajstić information content (AvgIpc) is 2.40. The number of nitrogens with one attached hydrogen (secondary N) is 1. The maximum Gasteiger partial charge on any atom is 0.221 e. The van der Waals surface area contributed by atoms with Crippen LogP contribution >= 0.6 is 0 Å². The molecule has 0 aromatic carbocycles. The molecular formula is C10H17N3O. The van der Waals surface area contributed by atoms with E-state index in [0.29, 0.717) is 25.4 Å². The average molecular weight is 195 g/mol. The molecule has 0 aromatic rings. The maximum absolute atomic E-state index is 11.1. The predicted molar refractivity (Wildman–Crippen MR) is 53.5 cm³/mol. The zero-order valence-electron chi connectivity index (χ0n) is 8.62. The van der Waals surface area contributed by atoms with Crippen molar-refractivity contribution < 1.29 is 4.79 Å². The van der Waals surface area contributed by atoms with Gasteiger partial charge in [-0.2, -0.15) is 5.26 Å². The van der Waals surface area contributed by atoms with E-state index in [1.54, 1.807) is 0 Å². The van der Waals surface area contributed by atoms with Gasteiger partial charge in [-0.3, -0.25) is 9.69 Å². The molecule has 0 aliphatic carbocycles. The van der Waals surface area contributed by atoms with Gasteiger partial charge in [0, 0.05) is 32.1 Å². The number of carbonyl (C=O) groups is 1. The lowest BCUT2D eigenvalue weighted by Gasteiger charge is -2.27. The molecule has 1 saturated heterocycles. The minimum absolute atomic E-state index is 0.124. The van der Waals surface area contributed by atoms with E-state index in [1.165, 1.54) is 0 Å². The number of hydrogen-bond acceptors (Lipinski definition) is 3. The third-order valence-corrected chi connectivity index (χ3v) is 2.66. The molecule has 1 atom stereocenters. The van der Waals surface area contributed by atoms with E-state index in [0.717, 1.165) is 19.5 Å². The molecule has 1 heterocycles. The second-order valence-corrected chi connectivity index (χ2v) is 3.56.